The first-order chi connectivity index (χ1) is 13.8. The summed E-state index contributed by atoms with van der Waals surface area (Å²) in [5.74, 6) is 0. The average Bonchev–Trinajstić information content (AvgIpc) is 3.27. The van der Waals surface area contributed by atoms with E-state index in [1.54, 1.807) is 6.20 Å². The number of H-pyrrole nitrogens is 1. The highest BCUT2D eigenvalue weighted by molar-refractivity contribution is 5.91. The lowest BCUT2D eigenvalue weighted by molar-refractivity contribution is 0.137. The number of benzene rings is 2. The van der Waals surface area contributed by atoms with E-state index in [0.29, 0.717) is 11.7 Å². The van der Waals surface area contributed by atoms with Gasteiger partial charge in [0.05, 0.1) is 5.52 Å². The molecule has 6 rings (SSSR count). The van der Waals surface area contributed by atoms with Crippen LogP contribution in [0, 0.1) is 0 Å². The number of nitrogens with one attached hydrogen (secondary N) is 1. The molecule has 140 valence electrons. The number of aromatic nitrogens is 3. The Balaban J connectivity index is 1.27. The van der Waals surface area contributed by atoms with Crippen molar-refractivity contribution < 1.29 is 0 Å². The summed E-state index contributed by atoms with van der Waals surface area (Å²) in [6.07, 6.45) is 4.80. The Hall–Kier alpha value is -2.92. The summed E-state index contributed by atoms with van der Waals surface area (Å²) in [6.45, 7) is 2.03. The Morgan fingerprint density at radius 1 is 1.00 bits per heavy atom. The third-order valence-corrected chi connectivity index (χ3v) is 6.59. The van der Waals surface area contributed by atoms with Crippen molar-refractivity contribution in [3.05, 3.63) is 76.3 Å². The summed E-state index contributed by atoms with van der Waals surface area (Å²) in [4.78, 5) is 22.3. The maximum absolute atomic E-state index is 12.5. The number of hydrogen-bond acceptors (Lipinski definition) is 3. The normalized spacial score (nSPS) is 20.4. The molecular weight excluding hydrogens is 348 g/mol. The fourth-order valence-electron chi connectivity index (χ4n) is 5.32. The molecule has 1 N–H and O–H groups in total. The number of piperidine rings is 1. The number of nitrogens with zero attached hydrogens (tertiary/aromatic N) is 3. The van der Waals surface area contributed by atoms with Crippen molar-refractivity contribution in [2.24, 2.45) is 0 Å². The Labute approximate surface area is 162 Å². The summed E-state index contributed by atoms with van der Waals surface area (Å²) in [5, 5.41) is 2.81. The topological polar surface area (TPSA) is 53.9 Å². The zero-order valence-electron chi connectivity index (χ0n) is 15.6. The maximum atomic E-state index is 12.5. The first-order valence-electron chi connectivity index (χ1n) is 10.1. The second-order valence-electron chi connectivity index (χ2n) is 8.02. The SMILES string of the molecule is O=c1[nH]c2ncccc2n1C1CCN(C2Cc3cccc4cccc2c34)CC1. The molecule has 5 heteroatoms. The van der Waals surface area contributed by atoms with Crippen LogP contribution in [0.15, 0.2) is 59.5 Å². The number of aromatic amines is 1. The quantitative estimate of drug-likeness (QED) is 0.584. The van der Waals surface area contributed by atoms with E-state index in [2.05, 4.69) is 51.3 Å². The molecule has 1 unspecified atom stereocenters. The molecule has 4 aromatic rings. The van der Waals surface area contributed by atoms with E-state index in [9.17, 15) is 4.79 Å². The van der Waals surface area contributed by atoms with Crippen LogP contribution < -0.4 is 5.69 Å². The lowest BCUT2D eigenvalue weighted by atomic mass is 9.99. The molecule has 0 spiro atoms. The number of imidazole rings is 1. The highest BCUT2D eigenvalue weighted by Gasteiger charge is 2.32. The lowest BCUT2D eigenvalue weighted by Gasteiger charge is -2.36. The minimum absolute atomic E-state index is 0.0369. The van der Waals surface area contributed by atoms with Crippen molar-refractivity contribution in [2.75, 3.05) is 13.1 Å². The van der Waals surface area contributed by atoms with Crippen LogP contribution in [0.4, 0.5) is 0 Å². The van der Waals surface area contributed by atoms with Crippen molar-refractivity contribution in [1.82, 2.24) is 19.4 Å². The monoisotopic (exact) mass is 370 g/mol. The molecule has 0 radical (unpaired) electrons. The van der Waals surface area contributed by atoms with Crippen molar-refractivity contribution in [1.29, 1.82) is 0 Å². The molecule has 1 aliphatic carbocycles. The van der Waals surface area contributed by atoms with E-state index in [1.165, 1.54) is 21.9 Å². The molecule has 28 heavy (non-hydrogen) atoms. The second-order valence-corrected chi connectivity index (χ2v) is 8.02. The highest BCUT2D eigenvalue weighted by atomic mass is 16.1. The Kier molecular flexibility index (Phi) is 3.47. The van der Waals surface area contributed by atoms with Gasteiger partial charge in [-0.1, -0.05) is 36.4 Å². The standard InChI is InChI=1S/C23H22N4O/c28-23-25-22-19(8-3-11-24-22)27(23)17-9-12-26(13-10-17)20-14-16-6-1-4-15-5-2-7-18(20)21(15)16/h1-8,11,17,20H,9-10,12-14H2,(H,24,25,28). The summed E-state index contributed by atoms with van der Waals surface area (Å²) in [7, 11) is 0. The number of pyridine rings is 1. The molecule has 5 nitrogen and oxygen atoms in total. The van der Waals surface area contributed by atoms with Gasteiger partial charge >= 0.3 is 5.69 Å². The molecule has 1 saturated heterocycles. The van der Waals surface area contributed by atoms with Crippen LogP contribution in [0.5, 0.6) is 0 Å². The van der Waals surface area contributed by atoms with Gasteiger partial charge in [-0.3, -0.25) is 14.5 Å². The van der Waals surface area contributed by atoms with E-state index in [4.69, 9.17) is 0 Å². The van der Waals surface area contributed by atoms with Gasteiger partial charge < -0.3 is 0 Å². The number of likely N-dealkylation sites (tertiary alicyclic amines) is 1. The average molecular weight is 370 g/mol. The molecule has 0 amide bonds. The fourth-order valence-corrected chi connectivity index (χ4v) is 5.32. The van der Waals surface area contributed by atoms with E-state index >= 15 is 0 Å². The van der Waals surface area contributed by atoms with Gasteiger partial charge in [-0.05, 0) is 53.3 Å². The maximum Gasteiger partial charge on any atom is 0.327 e. The predicted molar refractivity (Wildman–Crippen MR) is 111 cm³/mol. The molecule has 2 aromatic heterocycles. The molecule has 1 atom stereocenters. The summed E-state index contributed by atoms with van der Waals surface area (Å²) < 4.78 is 1.92. The van der Waals surface area contributed by atoms with Crippen LogP contribution in [0.2, 0.25) is 0 Å². The largest absolute Gasteiger partial charge is 0.327 e. The Morgan fingerprint density at radius 3 is 2.68 bits per heavy atom. The van der Waals surface area contributed by atoms with Gasteiger partial charge in [0.2, 0.25) is 0 Å². The van der Waals surface area contributed by atoms with E-state index in [-0.39, 0.29) is 11.7 Å². The Morgan fingerprint density at radius 2 is 1.82 bits per heavy atom. The van der Waals surface area contributed by atoms with Crippen LogP contribution in [-0.2, 0) is 6.42 Å². The molecule has 3 heterocycles. The van der Waals surface area contributed by atoms with Gasteiger partial charge in [-0.2, -0.15) is 0 Å². The van der Waals surface area contributed by atoms with Gasteiger partial charge in [-0.25, -0.2) is 9.78 Å². The minimum Gasteiger partial charge on any atom is -0.296 e. The van der Waals surface area contributed by atoms with Gasteiger partial charge in [-0.15, -0.1) is 0 Å². The van der Waals surface area contributed by atoms with Crippen LogP contribution in [0.25, 0.3) is 21.9 Å². The molecule has 1 fully saturated rings. The van der Waals surface area contributed by atoms with Crippen LogP contribution >= 0.6 is 0 Å². The molecule has 0 saturated carbocycles. The van der Waals surface area contributed by atoms with Gasteiger partial charge in [0, 0.05) is 31.4 Å². The van der Waals surface area contributed by atoms with Crippen LogP contribution in [0.1, 0.15) is 36.1 Å². The molecule has 2 aromatic carbocycles. The predicted octanol–water partition coefficient (Wildman–Crippen LogP) is 3.81. The van der Waals surface area contributed by atoms with Crippen LogP contribution in [0.3, 0.4) is 0 Å². The first-order valence-corrected chi connectivity index (χ1v) is 10.1. The number of rotatable bonds is 2. The minimum atomic E-state index is -0.0369. The van der Waals surface area contributed by atoms with E-state index < -0.39 is 0 Å². The van der Waals surface area contributed by atoms with Crippen molar-refractivity contribution in [3.8, 4) is 0 Å². The van der Waals surface area contributed by atoms with Gasteiger partial charge in [0.25, 0.3) is 0 Å². The molecular formula is C23H22N4O. The zero-order chi connectivity index (χ0) is 18.7. The van der Waals surface area contributed by atoms with Gasteiger partial charge in [0.1, 0.15) is 0 Å². The molecule has 2 aliphatic rings. The molecule has 1 aliphatic heterocycles. The summed E-state index contributed by atoms with van der Waals surface area (Å²) in [5.41, 5.74) is 4.51. The zero-order valence-corrected chi connectivity index (χ0v) is 15.6. The molecule has 0 bridgehead atoms. The van der Waals surface area contributed by atoms with Gasteiger partial charge in [0.15, 0.2) is 5.65 Å². The highest BCUT2D eigenvalue weighted by Crippen LogP contribution is 2.41. The Bertz CT molecular complexity index is 1240. The first kappa shape index (κ1) is 16.1. The van der Waals surface area contributed by atoms with E-state index in [1.807, 2.05) is 16.7 Å². The summed E-state index contributed by atoms with van der Waals surface area (Å²) in [6, 6.07) is 18.0. The van der Waals surface area contributed by atoms with Crippen LogP contribution in [-0.4, -0.2) is 32.5 Å². The van der Waals surface area contributed by atoms with Crippen molar-refractivity contribution in [2.45, 2.75) is 31.3 Å². The smallest absolute Gasteiger partial charge is 0.296 e. The van der Waals surface area contributed by atoms with Crippen molar-refractivity contribution in [3.63, 3.8) is 0 Å². The third kappa shape index (κ3) is 2.29. The van der Waals surface area contributed by atoms with E-state index in [0.717, 1.165) is 37.9 Å². The summed E-state index contributed by atoms with van der Waals surface area (Å²) >= 11 is 0. The fraction of sp³-hybridized carbons (Fsp3) is 0.304. The third-order valence-electron chi connectivity index (χ3n) is 6.59. The second kappa shape index (κ2) is 6.04. The number of hydrogen-bond donors (Lipinski definition) is 1. The number of fused-ring (bicyclic) bond motifs is 1. The lowest BCUT2D eigenvalue weighted by Crippen LogP contribution is -2.39. The van der Waals surface area contributed by atoms with Crippen molar-refractivity contribution >= 4 is 21.9 Å².